The minimum atomic E-state index is 0.130. The molecule has 1 aromatic carbocycles. The number of ether oxygens (including phenoxy) is 2. The van der Waals surface area contributed by atoms with Crippen LogP contribution in [0.5, 0.6) is 5.75 Å². The van der Waals surface area contributed by atoms with Crippen LogP contribution in [-0.4, -0.2) is 55.4 Å². The van der Waals surface area contributed by atoms with Gasteiger partial charge in [0.2, 0.25) is 0 Å². The van der Waals surface area contributed by atoms with E-state index in [0.717, 1.165) is 18.8 Å². The molecule has 1 aromatic heterocycles. The molecule has 0 bridgehead atoms. The third-order valence-electron chi connectivity index (χ3n) is 4.46. The topological polar surface area (TPSA) is 24.9 Å². The first-order valence-corrected chi connectivity index (χ1v) is 10.9. The first kappa shape index (κ1) is 22.8. The Morgan fingerprint density at radius 2 is 1.71 bits per heavy atom. The van der Waals surface area contributed by atoms with Crippen molar-refractivity contribution < 1.29 is 9.47 Å². The molecular weight excluding hydrogens is 388 g/mol. The Morgan fingerprint density at radius 1 is 1.04 bits per heavy atom. The van der Waals surface area contributed by atoms with Gasteiger partial charge in [0.25, 0.3) is 5.17 Å². The molecule has 0 aliphatic rings. The highest BCUT2D eigenvalue weighted by molar-refractivity contribution is 7.80. The van der Waals surface area contributed by atoms with Crippen molar-refractivity contribution in [3.8, 4) is 5.75 Å². The largest absolute Gasteiger partial charge is 0.432 e. The Balaban J connectivity index is 1.63. The first-order chi connectivity index (χ1) is 13.3. The van der Waals surface area contributed by atoms with E-state index in [4.69, 9.17) is 21.7 Å². The molecule has 4 nitrogen and oxygen atoms in total. The van der Waals surface area contributed by atoms with Crippen LogP contribution in [0.3, 0.4) is 0 Å². The molecule has 0 amide bonds. The predicted octanol–water partition coefficient (Wildman–Crippen LogP) is 4.79. The van der Waals surface area contributed by atoms with Crippen LogP contribution in [0, 0.1) is 0 Å². The van der Waals surface area contributed by atoms with Crippen molar-refractivity contribution in [2.24, 2.45) is 0 Å². The van der Waals surface area contributed by atoms with Crippen LogP contribution in [0.25, 0.3) is 0 Å². The zero-order valence-electron chi connectivity index (χ0n) is 17.6. The maximum absolute atomic E-state index is 5.79. The van der Waals surface area contributed by atoms with Gasteiger partial charge in [0.1, 0.15) is 5.75 Å². The minimum absolute atomic E-state index is 0.130. The minimum Gasteiger partial charge on any atom is -0.432 e. The van der Waals surface area contributed by atoms with Gasteiger partial charge in [-0.1, -0.05) is 32.9 Å². The van der Waals surface area contributed by atoms with Crippen LogP contribution in [0.2, 0.25) is 0 Å². The second-order valence-corrected chi connectivity index (χ2v) is 9.17. The van der Waals surface area contributed by atoms with Crippen molar-refractivity contribution >= 4 is 28.7 Å². The van der Waals surface area contributed by atoms with Crippen molar-refractivity contribution in [3.63, 3.8) is 0 Å². The molecule has 2 rings (SSSR count). The maximum atomic E-state index is 5.79. The van der Waals surface area contributed by atoms with Crippen molar-refractivity contribution in [2.45, 2.75) is 32.7 Å². The molecule has 28 heavy (non-hydrogen) atoms. The summed E-state index contributed by atoms with van der Waals surface area (Å²) < 4.78 is 11.5. The molecule has 1 heterocycles. The summed E-state index contributed by atoms with van der Waals surface area (Å²) in [5.74, 6) is 0.765. The molecule has 154 valence electrons. The third-order valence-corrected chi connectivity index (χ3v) is 5.59. The Hall–Kier alpha value is -1.47. The Morgan fingerprint density at radius 3 is 2.32 bits per heavy atom. The fourth-order valence-electron chi connectivity index (χ4n) is 2.59. The van der Waals surface area contributed by atoms with Gasteiger partial charge >= 0.3 is 0 Å². The van der Waals surface area contributed by atoms with E-state index in [9.17, 15) is 0 Å². The molecule has 0 fully saturated rings. The lowest BCUT2D eigenvalue weighted by Crippen LogP contribution is -2.33. The van der Waals surface area contributed by atoms with Gasteiger partial charge in [-0.05, 0) is 64.8 Å². The van der Waals surface area contributed by atoms with E-state index in [2.05, 4.69) is 61.7 Å². The summed E-state index contributed by atoms with van der Waals surface area (Å²) in [6.45, 7) is 10.5. The standard InChI is InChI=1S/C22H32N2O2S2/c1-22(2,3)19-6-8-20(9-7-19)26-21(27)24(5)12-14-25-13-11-23(4)16-18-10-15-28-17-18/h6-10,15,17H,11-14,16H2,1-5H3. The maximum Gasteiger partial charge on any atom is 0.264 e. The van der Waals surface area contributed by atoms with Gasteiger partial charge in [0.15, 0.2) is 0 Å². The summed E-state index contributed by atoms with van der Waals surface area (Å²) in [4.78, 5) is 4.17. The summed E-state index contributed by atoms with van der Waals surface area (Å²) >= 11 is 7.12. The summed E-state index contributed by atoms with van der Waals surface area (Å²) in [5, 5.41) is 4.75. The molecular formula is C22H32N2O2S2. The van der Waals surface area contributed by atoms with Gasteiger partial charge in [-0.15, -0.1) is 0 Å². The number of likely N-dealkylation sites (N-methyl/N-ethyl adjacent to an activating group) is 2. The van der Waals surface area contributed by atoms with Crippen molar-refractivity contribution in [1.29, 1.82) is 0 Å². The fourth-order valence-corrected chi connectivity index (χ4v) is 3.44. The van der Waals surface area contributed by atoms with Crippen LogP contribution < -0.4 is 4.74 Å². The van der Waals surface area contributed by atoms with E-state index in [1.807, 2.05) is 24.1 Å². The molecule has 2 aromatic rings. The first-order valence-electron chi connectivity index (χ1n) is 9.56. The molecule has 0 saturated heterocycles. The van der Waals surface area contributed by atoms with E-state index in [-0.39, 0.29) is 5.41 Å². The Labute approximate surface area is 179 Å². The SMILES string of the molecule is CN(CCOCCN(C)C(=S)Oc1ccc(C(C)(C)C)cc1)Cc1ccsc1. The molecule has 0 atom stereocenters. The number of hydrogen-bond acceptors (Lipinski definition) is 5. The van der Waals surface area contributed by atoms with E-state index in [1.165, 1.54) is 11.1 Å². The van der Waals surface area contributed by atoms with E-state index < -0.39 is 0 Å². The van der Waals surface area contributed by atoms with E-state index in [0.29, 0.717) is 24.9 Å². The fraction of sp³-hybridized carbons (Fsp3) is 0.500. The van der Waals surface area contributed by atoms with Crippen LogP contribution in [0.4, 0.5) is 0 Å². The van der Waals surface area contributed by atoms with Gasteiger partial charge < -0.3 is 14.4 Å². The van der Waals surface area contributed by atoms with Crippen LogP contribution >= 0.6 is 23.6 Å². The molecule has 0 spiro atoms. The number of benzene rings is 1. The lowest BCUT2D eigenvalue weighted by molar-refractivity contribution is 0.101. The summed E-state index contributed by atoms with van der Waals surface area (Å²) in [5.41, 5.74) is 2.76. The second-order valence-electron chi connectivity index (χ2n) is 8.05. The molecule has 0 aliphatic carbocycles. The average molecular weight is 421 g/mol. The van der Waals surface area contributed by atoms with E-state index >= 15 is 0 Å². The predicted molar refractivity (Wildman–Crippen MR) is 122 cm³/mol. The van der Waals surface area contributed by atoms with Gasteiger partial charge in [-0.3, -0.25) is 4.90 Å². The second kappa shape index (κ2) is 10.9. The van der Waals surface area contributed by atoms with Crippen molar-refractivity contribution in [1.82, 2.24) is 9.80 Å². The van der Waals surface area contributed by atoms with Gasteiger partial charge in [0.05, 0.1) is 13.2 Å². The van der Waals surface area contributed by atoms with E-state index in [1.54, 1.807) is 11.3 Å². The number of nitrogens with zero attached hydrogens (tertiary/aromatic N) is 2. The molecule has 0 aliphatic heterocycles. The monoisotopic (exact) mass is 420 g/mol. The number of thiophene rings is 1. The third kappa shape index (κ3) is 7.87. The highest BCUT2D eigenvalue weighted by Crippen LogP contribution is 2.24. The van der Waals surface area contributed by atoms with Crippen LogP contribution in [-0.2, 0) is 16.7 Å². The van der Waals surface area contributed by atoms with Gasteiger partial charge in [-0.2, -0.15) is 11.3 Å². The number of hydrogen-bond donors (Lipinski definition) is 0. The Bertz CT molecular complexity index is 709. The molecule has 0 N–H and O–H groups in total. The van der Waals surface area contributed by atoms with Crippen molar-refractivity contribution in [2.75, 3.05) is 40.4 Å². The highest BCUT2D eigenvalue weighted by Gasteiger charge is 2.14. The molecule has 0 unspecified atom stereocenters. The molecule has 6 heteroatoms. The summed E-state index contributed by atoms with van der Waals surface area (Å²) in [6, 6.07) is 10.3. The van der Waals surface area contributed by atoms with Gasteiger partial charge in [-0.25, -0.2) is 0 Å². The van der Waals surface area contributed by atoms with Crippen LogP contribution in [0.1, 0.15) is 31.9 Å². The zero-order chi connectivity index (χ0) is 20.6. The lowest BCUT2D eigenvalue weighted by Gasteiger charge is -2.22. The van der Waals surface area contributed by atoms with Crippen LogP contribution in [0.15, 0.2) is 41.1 Å². The Kier molecular flexibility index (Phi) is 8.89. The molecule has 0 saturated carbocycles. The summed E-state index contributed by atoms with van der Waals surface area (Å²) in [7, 11) is 4.04. The highest BCUT2D eigenvalue weighted by atomic mass is 32.1. The molecule has 0 radical (unpaired) electrons. The number of rotatable bonds is 9. The normalized spacial score (nSPS) is 11.6. The number of thiocarbonyl (C=S) groups is 1. The smallest absolute Gasteiger partial charge is 0.264 e. The average Bonchev–Trinajstić information content (AvgIpc) is 3.13. The van der Waals surface area contributed by atoms with Gasteiger partial charge in [0, 0.05) is 26.7 Å². The lowest BCUT2D eigenvalue weighted by atomic mass is 9.87. The van der Waals surface area contributed by atoms with Crippen molar-refractivity contribution in [3.05, 3.63) is 52.2 Å². The zero-order valence-corrected chi connectivity index (χ0v) is 19.2. The summed E-state index contributed by atoms with van der Waals surface area (Å²) in [6.07, 6.45) is 0. The quantitative estimate of drug-likeness (QED) is 0.429.